The van der Waals surface area contributed by atoms with Gasteiger partial charge in [-0.2, -0.15) is 4.31 Å². The Balaban J connectivity index is 2.76. The number of amides is 1. The van der Waals surface area contributed by atoms with Crippen molar-refractivity contribution in [1.29, 1.82) is 0 Å². The average molecular weight is 333 g/mol. The maximum Gasteiger partial charge on any atom is 0.243 e. The van der Waals surface area contributed by atoms with Gasteiger partial charge in [0.1, 0.15) is 0 Å². The second-order valence-corrected chi connectivity index (χ2v) is 7.80. The lowest BCUT2D eigenvalue weighted by Crippen LogP contribution is -2.43. The Morgan fingerprint density at radius 1 is 1.24 bits per heavy atom. The third-order valence-electron chi connectivity index (χ3n) is 3.28. The molecule has 1 N–H and O–H groups in total. The number of carbonyl (C=O) groups is 1. The third kappa shape index (κ3) is 4.98. The Hall–Kier alpha value is -1.11. The van der Waals surface area contributed by atoms with Crippen molar-refractivity contribution in [3.8, 4) is 0 Å². The van der Waals surface area contributed by atoms with Gasteiger partial charge in [-0.25, -0.2) is 8.42 Å². The Morgan fingerprint density at radius 3 is 2.24 bits per heavy atom. The predicted molar refractivity (Wildman–Crippen MR) is 83.7 cm³/mol. The molecule has 0 unspecified atom stereocenters. The van der Waals surface area contributed by atoms with Crippen LogP contribution < -0.4 is 5.32 Å². The SMILES string of the molecule is CC(C)[C@H](C)NC(=O)CN(C)S(=O)(=O)c1ccc(Cl)cc1. The number of halogens is 1. The monoisotopic (exact) mass is 332 g/mol. The van der Waals surface area contributed by atoms with Crippen LogP contribution >= 0.6 is 11.6 Å². The molecule has 0 heterocycles. The molecule has 1 amide bonds. The molecule has 1 aromatic carbocycles. The highest BCUT2D eigenvalue weighted by atomic mass is 35.5. The number of benzene rings is 1. The molecule has 0 aromatic heterocycles. The van der Waals surface area contributed by atoms with E-state index in [9.17, 15) is 13.2 Å². The van der Waals surface area contributed by atoms with Gasteiger partial charge in [-0.05, 0) is 37.1 Å². The van der Waals surface area contributed by atoms with Crippen molar-refractivity contribution in [2.24, 2.45) is 5.92 Å². The highest BCUT2D eigenvalue weighted by Crippen LogP contribution is 2.17. The number of hydrogen-bond acceptors (Lipinski definition) is 3. The lowest BCUT2D eigenvalue weighted by Gasteiger charge is -2.21. The van der Waals surface area contributed by atoms with Crippen molar-refractivity contribution in [2.45, 2.75) is 31.7 Å². The summed E-state index contributed by atoms with van der Waals surface area (Å²) < 4.78 is 25.6. The zero-order valence-corrected chi connectivity index (χ0v) is 14.2. The molecular formula is C14H21ClN2O3S. The first-order valence-electron chi connectivity index (χ1n) is 6.66. The van der Waals surface area contributed by atoms with Gasteiger partial charge < -0.3 is 5.32 Å². The Morgan fingerprint density at radius 2 is 1.76 bits per heavy atom. The third-order valence-corrected chi connectivity index (χ3v) is 5.35. The molecule has 0 aliphatic carbocycles. The molecule has 0 radical (unpaired) electrons. The van der Waals surface area contributed by atoms with Crippen LogP contribution in [0.1, 0.15) is 20.8 Å². The fraction of sp³-hybridized carbons (Fsp3) is 0.500. The van der Waals surface area contributed by atoms with Crippen LogP contribution in [0.3, 0.4) is 0 Å². The summed E-state index contributed by atoms with van der Waals surface area (Å²) in [5.74, 6) is -0.0385. The minimum Gasteiger partial charge on any atom is -0.352 e. The molecule has 5 nitrogen and oxygen atoms in total. The van der Waals surface area contributed by atoms with Gasteiger partial charge in [0.05, 0.1) is 11.4 Å². The Bertz CT molecular complexity index is 585. The zero-order valence-electron chi connectivity index (χ0n) is 12.6. The molecule has 0 spiro atoms. The number of hydrogen-bond donors (Lipinski definition) is 1. The van der Waals surface area contributed by atoms with Crippen LogP contribution in [0.25, 0.3) is 0 Å². The van der Waals surface area contributed by atoms with E-state index in [1.807, 2.05) is 20.8 Å². The fourth-order valence-electron chi connectivity index (χ4n) is 1.54. The maximum atomic E-state index is 12.3. The molecule has 0 bridgehead atoms. The van der Waals surface area contributed by atoms with Gasteiger partial charge in [-0.3, -0.25) is 4.79 Å². The van der Waals surface area contributed by atoms with Gasteiger partial charge in [-0.1, -0.05) is 25.4 Å². The van der Waals surface area contributed by atoms with Crippen molar-refractivity contribution >= 4 is 27.5 Å². The minimum atomic E-state index is -3.69. The molecule has 0 aliphatic heterocycles. The first kappa shape index (κ1) is 17.9. The molecule has 118 valence electrons. The van der Waals surface area contributed by atoms with E-state index in [1.165, 1.54) is 31.3 Å². The van der Waals surface area contributed by atoms with Gasteiger partial charge in [0.25, 0.3) is 0 Å². The number of likely N-dealkylation sites (N-methyl/N-ethyl adjacent to an activating group) is 1. The molecule has 0 saturated heterocycles. The van der Waals surface area contributed by atoms with Crippen LogP contribution in [0.15, 0.2) is 29.2 Å². The van der Waals surface area contributed by atoms with E-state index in [0.29, 0.717) is 5.02 Å². The number of nitrogens with one attached hydrogen (secondary N) is 1. The summed E-state index contributed by atoms with van der Waals surface area (Å²) in [5.41, 5.74) is 0. The fourth-order valence-corrected chi connectivity index (χ4v) is 2.79. The lowest BCUT2D eigenvalue weighted by atomic mass is 10.1. The van der Waals surface area contributed by atoms with Crippen LogP contribution in [-0.2, 0) is 14.8 Å². The second kappa shape index (κ2) is 7.24. The van der Waals surface area contributed by atoms with Gasteiger partial charge in [0, 0.05) is 18.1 Å². The largest absolute Gasteiger partial charge is 0.352 e. The van der Waals surface area contributed by atoms with Crippen molar-refractivity contribution < 1.29 is 13.2 Å². The van der Waals surface area contributed by atoms with Crippen LogP contribution in [0, 0.1) is 5.92 Å². The molecule has 1 rings (SSSR count). The quantitative estimate of drug-likeness (QED) is 0.867. The van der Waals surface area contributed by atoms with Crippen molar-refractivity contribution in [1.82, 2.24) is 9.62 Å². The maximum absolute atomic E-state index is 12.3. The Kier molecular flexibility index (Phi) is 6.19. The smallest absolute Gasteiger partial charge is 0.243 e. The van der Waals surface area contributed by atoms with E-state index in [-0.39, 0.29) is 29.3 Å². The number of rotatable bonds is 6. The molecular weight excluding hydrogens is 312 g/mol. The van der Waals surface area contributed by atoms with E-state index in [4.69, 9.17) is 11.6 Å². The topological polar surface area (TPSA) is 66.5 Å². The normalized spacial score (nSPS) is 13.5. The molecule has 1 aromatic rings. The Labute approximate surface area is 131 Å². The van der Waals surface area contributed by atoms with Gasteiger partial charge in [0.2, 0.25) is 15.9 Å². The van der Waals surface area contributed by atoms with E-state index in [0.717, 1.165) is 4.31 Å². The molecule has 7 heteroatoms. The zero-order chi connectivity index (χ0) is 16.2. The highest BCUT2D eigenvalue weighted by Gasteiger charge is 2.23. The summed E-state index contributed by atoms with van der Waals surface area (Å²) in [6.45, 7) is 5.64. The molecule has 1 atom stereocenters. The summed E-state index contributed by atoms with van der Waals surface area (Å²) in [4.78, 5) is 12.0. The van der Waals surface area contributed by atoms with Crippen molar-refractivity contribution in [2.75, 3.05) is 13.6 Å². The highest BCUT2D eigenvalue weighted by molar-refractivity contribution is 7.89. The second-order valence-electron chi connectivity index (χ2n) is 5.32. The van der Waals surface area contributed by atoms with Gasteiger partial charge in [0.15, 0.2) is 0 Å². The van der Waals surface area contributed by atoms with E-state index >= 15 is 0 Å². The number of sulfonamides is 1. The van der Waals surface area contributed by atoms with Crippen LogP contribution in [0.2, 0.25) is 5.02 Å². The van der Waals surface area contributed by atoms with Crippen LogP contribution in [0.4, 0.5) is 0 Å². The summed E-state index contributed by atoms with van der Waals surface area (Å²) in [6, 6.07) is 5.84. The standard InChI is InChI=1S/C14H21ClN2O3S/c1-10(2)11(3)16-14(18)9-17(4)21(19,20)13-7-5-12(15)6-8-13/h5-8,10-11H,9H2,1-4H3,(H,16,18)/t11-/m0/s1. The predicted octanol–water partition coefficient (Wildman–Crippen LogP) is 2.12. The number of nitrogens with zero attached hydrogens (tertiary/aromatic N) is 1. The van der Waals surface area contributed by atoms with Crippen LogP contribution in [0.5, 0.6) is 0 Å². The number of carbonyl (C=O) groups excluding carboxylic acids is 1. The molecule has 0 aliphatic rings. The van der Waals surface area contributed by atoms with Crippen molar-refractivity contribution in [3.63, 3.8) is 0 Å². The van der Waals surface area contributed by atoms with Gasteiger partial charge >= 0.3 is 0 Å². The summed E-state index contributed by atoms with van der Waals surface area (Å²) in [5, 5.41) is 3.24. The first-order chi connectivity index (χ1) is 9.64. The first-order valence-corrected chi connectivity index (χ1v) is 8.47. The molecule has 0 fully saturated rings. The van der Waals surface area contributed by atoms with E-state index in [1.54, 1.807) is 0 Å². The lowest BCUT2D eigenvalue weighted by molar-refractivity contribution is -0.122. The van der Waals surface area contributed by atoms with Gasteiger partial charge in [-0.15, -0.1) is 0 Å². The van der Waals surface area contributed by atoms with E-state index < -0.39 is 10.0 Å². The van der Waals surface area contributed by atoms with E-state index in [2.05, 4.69) is 5.32 Å². The summed E-state index contributed by atoms with van der Waals surface area (Å²) in [7, 11) is -2.31. The molecule has 0 saturated carbocycles. The minimum absolute atomic E-state index is 0.0101. The van der Waals surface area contributed by atoms with Crippen LogP contribution in [-0.4, -0.2) is 38.3 Å². The summed E-state index contributed by atoms with van der Waals surface area (Å²) in [6.07, 6.45) is 0. The average Bonchev–Trinajstić information content (AvgIpc) is 2.38. The summed E-state index contributed by atoms with van der Waals surface area (Å²) >= 11 is 5.74. The molecule has 21 heavy (non-hydrogen) atoms. The van der Waals surface area contributed by atoms with Crippen molar-refractivity contribution in [3.05, 3.63) is 29.3 Å².